The lowest BCUT2D eigenvalue weighted by Crippen LogP contribution is -2.45. The summed E-state index contributed by atoms with van der Waals surface area (Å²) in [5, 5.41) is 2.58. The van der Waals surface area contributed by atoms with Crippen molar-refractivity contribution in [3.8, 4) is 0 Å². The Labute approximate surface area is 181 Å². The van der Waals surface area contributed by atoms with Gasteiger partial charge in [-0.15, -0.1) is 0 Å². The monoisotopic (exact) mass is 438 g/mol. The van der Waals surface area contributed by atoms with Crippen LogP contribution < -0.4 is 5.32 Å². The van der Waals surface area contributed by atoms with Gasteiger partial charge >= 0.3 is 0 Å². The molecule has 0 bridgehead atoms. The van der Waals surface area contributed by atoms with Crippen LogP contribution in [0.4, 0.5) is 8.78 Å². The number of hydrogen-bond acceptors (Lipinski definition) is 6. The van der Waals surface area contributed by atoms with Crippen LogP contribution in [0.5, 0.6) is 0 Å². The largest absolute Gasteiger partial charge is 0.435 e. The first-order valence-electron chi connectivity index (χ1n) is 10.3. The summed E-state index contributed by atoms with van der Waals surface area (Å²) >= 11 is 0. The molecule has 164 valence electrons. The second-order valence-corrected chi connectivity index (χ2v) is 7.70. The predicted octanol–water partition coefficient (Wildman–Crippen LogP) is 2.80. The molecular weight excluding hydrogens is 418 g/mol. The zero-order valence-electron chi connectivity index (χ0n) is 17.0. The van der Waals surface area contributed by atoms with Gasteiger partial charge < -0.3 is 19.6 Å². The minimum atomic E-state index is -0.478. The van der Waals surface area contributed by atoms with Crippen LogP contribution in [0.3, 0.4) is 0 Å². The second kappa shape index (κ2) is 8.46. The third kappa shape index (κ3) is 4.09. The van der Waals surface area contributed by atoms with Crippen molar-refractivity contribution in [3.63, 3.8) is 0 Å². The lowest BCUT2D eigenvalue weighted by atomic mass is 10.00. The van der Waals surface area contributed by atoms with Crippen LogP contribution in [0.25, 0.3) is 11.0 Å². The Morgan fingerprint density at radius 1 is 1.19 bits per heavy atom. The summed E-state index contributed by atoms with van der Waals surface area (Å²) in [6.07, 6.45) is 3.52. The molecule has 1 aliphatic rings. The summed E-state index contributed by atoms with van der Waals surface area (Å²) in [5.74, 6) is 0.143. The molecule has 32 heavy (non-hydrogen) atoms. The number of pyridine rings is 1. The number of imidazole rings is 1. The lowest BCUT2D eigenvalue weighted by Gasteiger charge is -2.37. The van der Waals surface area contributed by atoms with Gasteiger partial charge in [0.15, 0.2) is 5.82 Å². The Morgan fingerprint density at radius 2 is 2.03 bits per heavy atom. The smallest absolute Gasteiger partial charge is 0.289 e. The molecule has 1 aliphatic heterocycles. The van der Waals surface area contributed by atoms with Gasteiger partial charge in [-0.25, -0.2) is 18.7 Å². The van der Waals surface area contributed by atoms with E-state index in [2.05, 4.69) is 30.2 Å². The zero-order chi connectivity index (χ0) is 22.1. The van der Waals surface area contributed by atoms with Gasteiger partial charge in [-0.1, -0.05) is 6.07 Å². The number of carbonyl (C=O) groups is 1. The molecule has 0 aliphatic carbocycles. The van der Waals surface area contributed by atoms with E-state index in [4.69, 9.17) is 4.42 Å². The number of aromatic amines is 1. The molecule has 1 amide bonds. The Hall–Kier alpha value is -3.66. The number of nitrogens with one attached hydrogen (secondary N) is 2. The van der Waals surface area contributed by atoms with Crippen LogP contribution in [0.2, 0.25) is 0 Å². The minimum Gasteiger partial charge on any atom is -0.435 e. The Kier molecular flexibility index (Phi) is 5.36. The molecule has 10 heteroatoms. The van der Waals surface area contributed by atoms with Crippen LogP contribution >= 0.6 is 0 Å². The highest BCUT2D eigenvalue weighted by Gasteiger charge is 2.32. The molecule has 4 heterocycles. The Bertz CT molecular complexity index is 1260. The van der Waals surface area contributed by atoms with Crippen molar-refractivity contribution in [3.05, 3.63) is 77.5 Å². The number of para-hydroxylation sites is 1. The number of rotatable bonds is 7. The van der Waals surface area contributed by atoms with Gasteiger partial charge in [0, 0.05) is 32.3 Å². The average molecular weight is 438 g/mol. The molecule has 1 aromatic carbocycles. The number of H-pyrrole nitrogens is 1. The van der Waals surface area contributed by atoms with Crippen molar-refractivity contribution in [1.29, 1.82) is 0 Å². The maximum absolute atomic E-state index is 13.8. The number of oxazole rings is 1. The van der Waals surface area contributed by atoms with Crippen LogP contribution in [0.1, 0.15) is 33.9 Å². The molecule has 0 unspecified atom stereocenters. The molecular formula is C22H20F2N6O2. The van der Waals surface area contributed by atoms with Gasteiger partial charge in [0.1, 0.15) is 17.2 Å². The number of amides is 1. The normalized spacial score (nSPS) is 14.6. The Morgan fingerprint density at radius 3 is 2.84 bits per heavy atom. The highest BCUT2D eigenvalue weighted by atomic mass is 19.1. The molecule has 1 saturated heterocycles. The van der Waals surface area contributed by atoms with Crippen molar-refractivity contribution >= 4 is 16.9 Å². The first kappa shape index (κ1) is 20.3. The van der Waals surface area contributed by atoms with Crippen LogP contribution in [0.15, 0.2) is 47.1 Å². The number of hydrogen-bond donors (Lipinski definition) is 2. The molecule has 2 N–H and O–H groups in total. The SMILES string of the molecule is O=C(NCc1ncccc1F)c1cnc(C2CN(CCc3nc4c(F)cccc4[nH]3)C2)o1. The standard InChI is InChI=1S/C22H20F2N6O2/c23-14-4-2-7-25-17(14)9-26-21(31)18-10-27-22(32-18)13-11-30(12-13)8-6-19-28-16-5-1-3-15(24)20(16)29-19/h1-5,7,10,13H,6,8-9,11-12H2,(H,26,31)(H,28,29). The van der Waals surface area contributed by atoms with Gasteiger partial charge in [0.25, 0.3) is 5.91 Å². The van der Waals surface area contributed by atoms with Gasteiger partial charge in [-0.05, 0) is 24.3 Å². The van der Waals surface area contributed by atoms with E-state index in [1.807, 2.05) is 0 Å². The highest BCUT2D eigenvalue weighted by molar-refractivity contribution is 5.91. The molecule has 3 aromatic heterocycles. The maximum Gasteiger partial charge on any atom is 0.289 e. The molecule has 4 aromatic rings. The molecule has 8 nitrogen and oxygen atoms in total. The van der Waals surface area contributed by atoms with E-state index in [1.54, 1.807) is 12.1 Å². The van der Waals surface area contributed by atoms with E-state index in [0.717, 1.165) is 25.5 Å². The molecule has 0 atom stereocenters. The summed E-state index contributed by atoms with van der Waals surface area (Å²) in [4.78, 5) is 30.0. The van der Waals surface area contributed by atoms with E-state index >= 15 is 0 Å². The van der Waals surface area contributed by atoms with Gasteiger partial charge in [-0.2, -0.15) is 0 Å². The van der Waals surface area contributed by atoms with Gasteiger partial charge in [-0.3, -0.25) is 9.78 Å². The fourth-order valence-corrected chi connectivity index (χ4v) is 3.72. The van der Waals surface area contributed by atoms with Gasteiger partial charge in [0.2, 0.25) is 11.7 Å². The van der Waals surface area contributed by atoms with Crippen molar-refractivity contribution in [1.82, 2.24) is 30.2 Å². The first-order valence-corrected chi connectivity index (χ1v) is 10.3. The minimum absolute atomic E-state index is 0.0373. The van der Waals surface area contributed by atoms with Crippen molar-refractivity contribution in [2.24, 2.45) is 0 Å². The molecule has 0 radical (unpaired) electrons. The second-order valence-electron chi connectivity index (χ2n) is 7.70. The number of aromatic nitrogens is 4. The number of nitrogens with zero attached hydrogens (tertiary/aromatic N) is 4. The van der Waals surface area contributed by atoms with E-state index < -0.39 is 11.7 Å². The fourth-order valence-electron chi connectivity index (χ4n) is 3.72. The summed E-state index contributed by atoms with van der Waals surface area (Å²) in [5.41, 5.74) is 1.21. The van der Waals surface area contributed by atoms with Gasteiger partial charge in [0.05, 0.1) is 29.9 Å². The number of benzene rings is 1. The van der Waals surface area contributed by atoms with E-state index in [1.165, 1.54) is 30.6 Å². The molecule has 0 saturated carbocycles. The van der Waals surface area contributed by atoms with E-state index in [-0.39, 0.29) is 29.7 Å². The number of halogens is 2. The van der Waals surface area contributed by atoms with Crippen LogP contribution in [0, 0.1) is 11.6 Å². The number of fused-ring (bicyclic) bond motifs is 1. The maximum atomic E-state index is 13.8. The highest BCUT2D eigenvalue weighted by Crippen LogP contribution is 2.27. The quantitative estimate of drug-likeness (QED) is 0.460. The predicted molar refractivity (Wildman–Crippen MR) is 111 cm³/mol. The Balaban J connectivity index is 1.11. The number of likely N-dealkylation sites (tertiary alicyclic amines) is 1. The van der Waals surface area contributed by atoms with E-state index in [9.17, 15) is 13.6 Å². The van der Waals surface area contributed by atoms with Crippen molar-refractivity contribution in [2.75, 3.05) is 19.6 Å². The van der Waals surface area contributed by atoms with Crippen molar-refractivity contribution in [2.45, 2.75) is 18.9 Å². The van der Waals surface area contributed by atoms with Crippen LogP contribution in [-0.2, 0) is 13.0 Å². The average Bonchev–Trinajstić information content (AvgIpc) is 3.40. The summed E-state index contributed by atoms with van der Waals surface area (Å²) in [6, 6.07) is 7.63. The molecule has 1 fully saturated rings. The lowest BCUT2D eigenvalue weighted by molar-refractivity contribution is 0.0909. The fraction of sp³-hybridized carbons (Fsp3) is 0.273. The molecule has 0 spiro atoms. The zero-order valence-corrected chi connectivity index (χ0v) is 17.0. The molecule has 5 rings (SSSR count). The first-order chi connectivity index (χ1) is 15.6. The van der Waals surface area contributed by atoms with Crippen LogP contribution in [-0.4, -0.2) is 50.4 Å². The third-order valence-electron chi connectivity index (χ3n) is 5.48. The summed E-state index contributed by atoms with van der Waals surface area (Å²) < 4.78 is 33.0. The summed E-state index contributed by atoms with van der Waals surface area (Å²) in [7, 11) is 0. The van der Waals surface area contributed by atoms with Crippen molar-refractivity contribution < 1.29 is 18.0 Å². The number of carbonyl (C=O) groups excluding carboxylic acids is 1. The summed E-state index contributed by atoms with van der Waals surface area (Å²) in [6.45, 7) is 2.22. The topological polar surface area (TPSA) is 99.9 Å². The van der Waals surface area contributed by atoms with E-state index in [0.29, 0.717) is 23.3 Å². The third-order valence-corrected chi connectivity index (χ3v) is 5.48.